The number of amides is 1. The van der Waals surface area contributed by atoms with Crippen LogP contribution in [-0.2, 0) is 6.54 Å². The van der Waals surface area contributed by atoms with E-state index in [4.69, 9.17) is 16.1 Å². The largest absolute Gasteiger partial charge is 0.360 e. The molecule has 1 amide bonds. The minimum absolute atomic E-state index is 0.0598. The van der Waals surface area contributed by atoms with E-state index in [2.05, 4.69) is 15.5 Å². The van der Waals surface area contributed by atoms with Gasteiger partial charge in [-0.3, -0.25) is 4.79 Å². The van der Waals surface area contributed by atoms with Gasteiger partial charge >= 0.3 is 0 Å². The smallest absolute Gasteiger partial charge is 0.257 e. The summed E-state index contributed by atoms with van der Waals surface area (Å²) in [6, 6.07) is 4.29. The van der Waals surface area contributed by atoms with E-state index in [1.807, 2.05) is 10.8 Å². The quantitative estimate of drug-likeness (QED) is 0.681. The maximum Gasteiger partial charge on any atom is 0.257 e. The van der Waals surface area contributed by atoms with Gasteiger partial charge in [0.1, 0.15) is 22.8 Å². The summed E-state index contributed by atoms with van der Waals surface area (Å²) >= 11 is 6.07. The standard InChI is InChI=1S/C17H16ClFN4O2/c1-11-14(17(24)21-6-3-8-23-9-7-20-10-23)16(22-25-11)15-12(18)4-2-5-13(15)19/h2,4-5,7,9-10H,3,6,8H2,1H3,(H,21,24). The normalized spacial score (nSPS) is 10.8. The van der Waals surface area contributed by atoms with Crippen LogP contribution < -0.4 is 5.32 Å². The van der Waals surface area contributed by atoms with Crippen molar-refractivity contribution in [3.8, 4) is 11.3 Å². The lowest BCUT2D eigenvalue weighted by atomic mass is 10.0. The van der Waals surface area contributed by atoms with E-state index in [-0.39, 0.29) is 27.8 Å². The van der Waals surface area contributed by atoms with Crippen LogP contribution in [0.1, 0.15) is 22.5 Å². The summed E-state index contributed by atoms with van der Waals surface area (Å²) in [6.07, 6.45) is 5.99. The molecule has 0 aliphatic rings. The zero-order chi connectivity index (χ0) is 17.8. The molecular formula is C17H16ClFN4O2. The Morgan fingerprint density at radius 3 is 3.00 bits per heavy atom. The number of rotatable bonds is 6. The molecule has 1 N–H and O–H groups in total. The van der Waals surface area contributed by atoms with Crippen molar-refractivity contribution in [2.45, 2.75) is 19.9 Å². The first-order valence-electron chi connectivity index (χ1n) is 7.72. The number of carbonyl (C=O) groups is 1. The molecule has 0 bridgehead atoms. The first-order chi connectivity index (χ1) is 12.1. The van der Waals surface area contributed by atoms with Gasteiger partial charge in [-0.2, -0.15) is 0 Å². The number of nitrogens with one attached hydrogen (secondary N) is 1. The summed E-state index contributed by atoms with van der Waals surface area (Å²) in [4.78, 5) is 16.5. The van der Waals surface area contributed by atoms with Gasteiger partial charge in [-0.1, -0.05) is 22.8 Å². The molecule has 8 heteroatoms. The number of hydrogen-bond donors (Lipinski definition) is 1. The van der Waals surface area contributed by atoms with E-state index in [0.29, 0.717) is 12.3 Å². The Morgan fingerprint density at radius 2 is 2.28 bits per heavy atom. The molecule has 0 aliphatic heterocycles. The molecular weight excluding hydrogens is 347 g/mol. The van der Waals surface area contributed by atoms with Crippen LogP contribution in [0, 0.1) is 12.7 Å². The van der Waals surface area contributed by atoms with Crippen molar-refractivity contribution in [3.63, 3.8) is 0 Å². The van der Waals surface area contributed by atoms with E-state index < -0.39 is 5.82 Å². The van der Waals surface area contributed by atoms with E-state index in [0.717, 1.165) is 13.0 Å². The third-order valence-corrected chi connectivity index (χ3v) is 4.04. The van der Waals surface area contributed by atoms with E-state index in [9.17, 15) is 9.18 Å². The topological polar surface area (TPSA) is 73.0 Å². The molecule has 0 fully saturated rings. The van der Waals surface area contributed by atoms with Gasteiger partial charge in [0, 0.05) is 25.5 Å². The van der Waals surface area contributed by atoms with Crippen LogP contribution in [0.3, 0.4) is 0 Å². The molecule has 0 saturated heterocycles. The van der Waals surface area contributed by atoms with E-state index in [1.165, 1.54) is 18.2 Å². The Morgan fingerprint density at radius 1 is 1.44 bits per heavy atom. The number of aryl methyl sites for hydroxylation is 2. The second-order valence-electron chi connectivity index (χ2n) is 5.47. The second kappa shape index (κ2) is 7.48. The number of nitrogens with zero attached hydrogens (tertiary/aromatic N) is 3. The number of aromatic nitrogens is 3. The van der Waals surface area contributed by atoms with Crippen LogP contribution in [0.5, 0.6) is 0 Å². The minimum Gasteiger partial charge on any atom is -0.360 e. The zero-order valence-electron chi connectivity index (χ0n) is 13.5. The molecule has 3 rings (SSSR count). The Hall–Kier alpha value is -2.67. The fourth-order valence-corrected chi connectivity index (χ4v) is 2.76. The van der Waals surface area contributed by atoms with Gasteiger partial charge in [0.05, 0.1) is 16.9 Å². The summed E-state index contributed by atoms with van der Waals surface area (Å²) in [5, 5.41) is 6.79. The summed E-state index contributed by atoms with van der Waals surface area (Å²) in [6.45, 7) is 2.78. The van der Waals surface area contributed by atoms with Gasteiger partial charge in [0.2, 0.25) is 0 Å². The maximum absolute atomic E-state index is 14.1. The predicted octanol–water partition coefficient (Wildman–Crippen LogP) is 3.46. The third kappa shape index (κ3) is 3.71. The lowest BCUT2D eigenvalue weighted by Crippen LogP contribution is -2.26. The predicted molar refractivity (Wildman–Crippen MR) is 90.8 cm³/mol. The molecule has 0 atom stereocenters. The fourth-order valence-electron chi connectivity index (χ4n) is 2.51. The summed E-state index contributed by atoms with van der Waals surface area (Å²) in [5.74, 6) is -0.630. The Bertz CT molecular complexity index is 857. The summed E-state index contributed by atoms with van der Waals surface area (Å²) < 4.78 is 21.2. The van der Waals surface area contributed by atoms with Crippen molar-refractivity contribution in [1.29, 1.82) is 0 Å². The minimum atomic E-state index is -0.560. The molecule has 0 spiro atoms. The van der Waals surface area contributed by atoms with Crippen molar-refractivity contribution >= 4 is 17.5 Å². The van der Waals surface area contributed by atoms with Crippen molar-refractivity contribution in [3.05, 3.63) is 59.1 Å². The monoisotopic (exact) mass is 362 g/mol. The maximum atomic E-state index is 14.1. The highest BCUT2D eigenvalue weighted by Crippen LogP contribution is 2.33. The van der Waals surface area contributed by atoms with Crippen LogP contribution in [-0.4, -0.2) is 27.2 Å². The Labute approximate surface area is 148 Å². The van der Waals surface area contributed by atoms with Gasteiger partial charge in [0.15, 0.2) is 0 Å². The molecule has 3 aromatic rings. The van der Waals surface area contributed by atoms with E-state index >= 15 is 0 Å². The number of imidazole rings is 1. The summed E-state index contributed by atoms with van der Waals surface area (Å²) in [5.41, 5.74) is 0.354. The first kappa shape index (κ1) is 17.2. The van der Waals surface area contributed by atoms with Crippen molar-refractivity contribution < 1.29 is 13.7 Å². The number of benzene rings is 1. The lowest BCUT2D eigenvalue weighted by Gasteiger charge is -2.07. The van der Waals surface area contributed by atoms with Crippen LogP contribution in [0.15, 0.2) is 41.4 Å². The van der Waals surface area contributed by atoms with Crippen LogP contribution in [0.25, 0.3) is 11.3 Å². The SMILES string of the molecule is Cc1onc(-c2c(F)cccc2Cl)c1C(=O)NCCCn1ccnc1. The molecule has 6 nitrogen and oxygen atoms in total. The molecule has 1 aromatic carbocycles. The first-order valence-corrected chi connectivity index (χ1v) is 8.10. The molecule has 0 aliphatic carbocycles. The summed E-state index contributed by atoms with van der Waals surface area (Å²) in [7, 11) is 0. The second-order valence-corrected chi connectivity index (χ2v) is 5.88. The average Bonchev–Trinajstić information content (AvgIpc) is 3.21. The highest BCUT2D eigenvalue weighted by Gasteiger charge is 2.25. The van der Waals surface area contributed by atoms with Crippen molar-refractivity contribution in [1.82, 2.24) is 20.0 Å². The van der Waals surface area contributed by atoms with Crippen LogP contribution in [0.4, 0.5) is 4.39 Å². The van der Waals surface area contributed by atoms with E-state index in [1.54, 1.807) is 19.4 Å². The molecule has 25 heavy (non-hydrogen) atoms. The lowest BCUT2D eigenvalue weighted by molar-refractivity contribution is 0.0952. The number of halogens is 2. The van der Waals surface area contributed by atoms with Crippen molar-refractivity contribution in [2.24, 2.45) is 0 Å². The molecule has 130 valence electrons. The van der Waals surface area contributed by atoms with Gasteiger partial charge in [-0.05, 0) is 25.5 Å². The Kier molecular flexibility index (Phi) is 5.14. The average molecular weight is 363 g/mol. The molecule has 2 aromatic heterocycles. The van der Waals surface area contributed by atoms with Gasteiger partial charge in [-0.15, -0.1) is 0 Å². The van der Waals surface area contributed by atoms with Crippen molar-refractivity contribution in [2.75, 3.05) is 6.54 Å². The zero-order valence-corrected chi connectivity index (χ0v) is 14.3. The third-order valence-electron chi connectivity index (χ3n) is 3.73. The van der Waals surface area contributed by atoms with Gasteiger partial charge in [-0.25, -0.2) is 9.37 Å². The molecule has 2 heterocycles. The number of carbonyl (C=O) groups excluding carboxylic acids is 1. The molecule has 0 unspecified atom stereocenters. The highest BCUT2D eigenvalue weighted by atomic mass is 35.5. The highest BCUT2D eigenvalue weighted by molar-refractivity contribution is 6.33. The van der Waals surface area contributed by atoms with Crippen LogP contribution in [0.2, 0.25) is 5.02 Å². The van der Waals surface area contributed by atoms with Crippen LogP contribution >= 0.6 is 11.6 Å². The molecule has 0 saturated carbocycles. The van der Waals surface area contributed by atoms with Gasteiger partial charge < -0.3 is 14.4 Å². The number of hydrogen-bond acceptors (Lipinski definition) is 4. The Balaban J connectivity index is 1.74. The molecule has 0 radical (unpaired) electrons. The van der Waals surface area contributed by atoms with Gasteiger partial charge in [0.25, 0.3) is 5.91 Å². The fraction of sp³-hybridized carbons (Fsp3) is 0.235.